The molecule has 1 N–H and O–H groups in total. The molecule has 0 spiro atoms. The highest BCUT2D eigenvalue weighted by Crippen LogP contribution is 2.43. The van der Waals surface area contributed by atoms with E-state index in [0.717, 1.165) is 11.1 Å². The molecule has 0 radical (unpaired) electrons. The number of carbonyl (C=O) groups excluding carboxylic acids is 2. The van der Waals surface area contributed by atoms with Gasteiger partial charge in [0.25, 0.3) is 11.7 Å². The van der Waals surface area contributed by atoms with Crippen molar-refractivity contribution in [1.82, 2.24) is 4.98 Å². The van der Waals surface area contributed by atoms with E-state index in [1.54, 1.807) is 43.5 Å². The van der Waals surface area contributed by atoms with Crippen molar-refractivity contribution in [3.8, 4) is 5.75 Å². The highest BCUT2D eigenvalue weighted by Gasteiger charge is 2.47. The van der Waals surface area contributed by atoms with Gasteiger partial charge in [0.15, 0.2) is 0 Å². The largest absolute Gasteiger partial charge is 0.507 e. The number of Topliss-reactive ketones (excluding diaryl/α,β-unsaturated/α-hetero) is 1. The summed E-state index contributed by atoms with van der Waals surface area (Å²) in [5, 5.41) is 11.1. The van der Waals surface area contributed by atoms with E-state index in [0.29, 0.717) is 22.6 Å². The Bertz CT molecular complexity index is 1180. The van der Waals surface area contributed by atoms with Gasteiger partial charge in [0.1, 0.15) is 11.5 Å². The molecule has 6 heteroatoms. The number of hydrogen-bond donors (Lipinski definition) is 1. The monoisotopic (exact) mass is 414 g/mol. The Morgan fingerprint density at radius 1 is 1.00 bits per heavy atom. The molecule has 6 nitrogen and oxygen atoms in total. The van der Waals surface area contributed by atoms with Crippen LogP contribution >= 0.6 is 0 Å². The molecule has 0 aliphatic carbocycles. The van der Waals surface area contributed by atoms with Gasteiger partial charge in [0.05, 0.1) is 18.7 Å². The number of aromatic nitrogens is 1. The number of methoxy groups -OCH3 is 1. The van der Waals surface area contributed by atoms with Crippen molar-refractivity contribution < 1.29 is 19.4 Å². The lowest BCUT2D eigenvalue weighted by molar-refractivity contribution is -0.132. The molecule has 1 atom stereocenters. The Balaban J connectivity index is 1.97. The van der Waals surface area contributed by atoms with Crippen LogP contribution in [0.1, 0.15) is 28.3 Å². The van der Waals surface area contributed by atoms with Crippen LogP contribution in [0.25, 0.3) is 5.76 Å². The summed E-state index contributed by atoms with van der Waals surface area (Å²) in [6, 6.07) is 15.2. The lowest BCUT2D eigenvalue weighted by Crippen LogP contribution is -2.30. The number of nitrogens with zero attached hydrogens (tertiary/aromatic N) is 2. The minimum atomic E-state index is -0.778. The number of rotatable bonds is 4. The van der Waals surface area contributed by atoms with Gasteiger partial charge in [-0.15, -0.1) is 0 Å². The Kier molecular flexibility index (Phi) is 5.29. The van der Waals surface area contributed by atoms with Crippen LogP contribution in [0.4, 0.5) is 5.69 Å². The third kappa shape index (κ3) is 3.46. The predicted molar refractivity (Wildman–Crippen MR) is 118 cm³/mol. The van der Waals surface area contributed by atoms with Crippen LogP contribution in [-0.2, 0) is 9.59 Å². The average molecular weight is 414 g/mol. The van der Waals surface area contributed by atoms with Gasteiger partial charge in [0, 0.05) is 23.6 Å². The van der Waals surface area contributed by atoms with Crippen molar-refractivity contribution >= 4 is 23.1 Å². The van der Waals surface area contributed by atoms with E-state index in [1.165, 1.54) is 17.3 Å². The van der Waals surface area contributed by atoms with Gasteiger partial charge < -0.3 is 9.84 Å². The van der Waals surface area contributed by atoms with E-state index in [4.69, 9.17) is 4.74 Å². The van der Waals surface area contributed by atoms with Crippen molar-refractivity contribution in [2.75, 3.05) is 12.0 Å². The number of ether oxygens (including phenoxy) is 1. The van der Waals surface area contributed by atoms with E-state index in [9.17, 15) is 14.7 Å². The molecule has 156 valence electrons. The molecule has 1 aliphatic heterocycles. The molecule has 1 amide bonds. The zero-order valence-electron chi connectivity index (χ0n) is 17.5. The Hall–Kier alpha value is -3.93. The molecule has 1 unspecified atom stereocenters. The summed E-state index contributed by atoms with van der Waals surface area (Å²) in [4.78, 5) is 31.8. The number of carbonyl (C=O) groups is 2. The first-order chi connectivity index (χ1) is 14.9. The molecule has 0 bridgehead atoms. The number of anilines is 1. The number of pyridine rings is 1. The first-order valence-corrected chi connectivity index (χ1v) is 9.85. The molecule has 0 saturated carbocycles. The fraction of sp³-hybridized carbons (Fsp3) is 0.160. The minimum absolute atomic E-state index is 0.0438. The van der Waals surface area contributed by atoms with Crippen LogP contribution in [0, 0.1) is 13.8 Å². The van der Waals surface area contributed by atoms with Crippen molar-refractivity contribution in [3.63, 3.8) is 0 Å². The minimum Gasteiger partial charge on any atom is -0.507 e. The molecule has 1 aromatic heterocycles. The highest BCUT2D eigenvalue weighted by atomic mass is 16.5. The second-order valence-corrected chi connectivity index (χ2v) is 7.40. The predicted octanol–water partition coefficient (Wildman–Crippen LogP) is 4.33. The van der Waals surface area contributed by atoms with Crippen molar-refractivity contribution in [1.29, 1.82) is 0 Å². The van der Waals surface area contributed by atoms with Crippen molar-refractivity contribution in [2.45, 2.75) is 19.9 Å². The maximum Gasteiger partial charge on any atom is 0.300 e. The third-order valence-electron chi connectivity index (χ3n) is 5.67. The van der Waals surface area contributed by atoms with E-state index in [1.807, 2.05) is 32.0 Å². The lowest BCUT2D eigenvalue weighted by Gasteiger charge is -2.27. The molecule has 2 aromatic carbocycles. The van der Waals surface area contributed by atoms with E-state index in [-0.39, 0.29) is 11.3 Å². The first-order valence-electron chi connectivity index (χ1n) is 9.85. The highest BCUT2D eigenvalue weighted by molar-refractivity contribution is 6.51. The third-order valence-corrected chi connectivity index (χ3v) is 5.67. The van der Waals surface area contributed by atoms with Gasteiger partial charge in [0.2, 0.25) is 0 Å². The second-order valence-electron chi connectivity index (χ2n) is 7.40. The van der Waals surface area contributed by atoms with Gasteiger partial charge in [-0.2, -0.15) is 0 Å². The van der Waals surface area contributed by atoms with Crippen molar-refractivity contribution in [3.05, 3.63) is 94.8 Å². The van der Waals surface area contributed by atoms with E-state index < -0.39 is 17.7 Å². The quantitative estimate of drug-likeness (QED) is 0.390. The fourth-order valence-electron chi connectivity index (χ4n) is 3.84. The number of benzene rings is 2. The number of aliphatic hydroxyl groups excluding tert-OH is 1. The summed E-state index contributed by atoms with van der Waals surface area (Å²) in [5.74, 6) is -0.975. The average Bonchev–Trinajstić information content (AvgIpc) is 3.06. The number of aryl methyl sites for hydroxylation is 1. The van der Waals surface area contributed by atoms with E-state index in [2.05, 4.69) is 4.98 Å². The van der Waals surface area contributed by atoms with Gasteiger partial charge in [-0.05, 0) is 60.9 Å². The van der Waals surface area contributed by atoms with Gasteiger partial charge >= 0.3 is 0 Å². The second kappa shape index (κ2) is 8.07. The van der Waals surface area contributed by atoms with Crippen LogP contribution < -0.4 is 9.64 Å². The zero-order chi connectivity index (χ0) is 22.1. The molecule has 4 rings (SSSR count). The lowest BCUT2D eigenvalue weighted by atomic mass is 9.95. The summed E-state index contributed by atoms with van der Waals surface area (Å²) in [6.45, 7) is 3.87. The summed E-state index contributed by atoms with van der Waals surface area (Å²) in [7, 11) is 1.57. The van der Waals surface area contributed by atoms with Gasteiger partial charge in [-0.1, -0.05) is 24.3 Å². The number of aliphatic hydroxyl groups is 1. The molecular formula is C25H22N2O4. The molecular weight excluding hydrogens is 392 g/mol. The molecule has 2 heterocycles. The Morgan fingerprint density at radius 2 is 1.68 bits per heavy atom. The summed E-state index contributed by atoms with van der Waals surface area (Å²) >= 11 is 0. The van der Waals surface area contributed by atoms with Gasteiger partial charge in [-0.3, -0.25) is 19.5 Å². The van der Waals surface area contributed by atoms with E-state index >= 15 is 0 Å². The maximum absolute atomic E-state index is 13.2. The molecule has 31 heavy (non-hydrogen) atoms. The molecule has 1 fully saturated rings. The molecule has 1 aliphatic rings. The zero-order valence-corrected chi connectivity index (χ0v) is 17.5. The standard InChI is InChI=1S/C25H22N2O4/c1-15-5-4-6-20(16(15)2)27-22(17-7-9-19(31-3)10-8-17)21(24(29)25(27)30)23(28)18-11-13-26-14-12-18/h4-14,22,28H,1-3H3/b23-21+. The normalized spacial score (nSPS) is 17.8. The van der Waals surface area contributed by atoms with Crippen molar-refractivity contribution in [2.24, 2.45) is 0 Å². The fourth-order valence-corrected chi connectivity index (χ4v) is 3.84. The van der Waals surface area contributed by atoms with Crippen LogP contribution in [0.2, 0.25) is 0 Å². The number of hydrogen-bond acceptors (Lipinski definition) is 5. The summed E-state index contributed by atoms with van der Waals surface area (Å²) in [5.41, 5.74) is 3.69. The topological polar surface area (TPSA) is 79.7 Å². The van der Waals surface area contributed by atoms with Crippen LogP contribution in [-0.4, -0.2) is 28.9 Å². The molecule has 3 aromatic rings. The van der Waals surface area contributed by atoms with Gasteiger partial charge in [-0.25, -0.2) is 0 Å². The van der Waals surface area contributed by atoms with Crippen LogP contribution in [0.15, 0.2) is 72.6 Å². The summed E-state index contributed by atoms with van der Waals surface area (Å²) in [6.07, 6.45) is 3.05. The SMILES string of the molecule is COc1ccc(C2/C(=C(\O)c3ccncc3)C(=O)C(=O)N2c2cccc(C)c2C)cc1. The smallest absolute Gasteiger partial charge is 0.300 e. The molecule has 1 saturated heterocycles. The Morgan fingerprint density at radius 3 is 2.32 bits per heavy atom. The summed E-state index contributed by atoms with van der Waals surface area (Å²) < 4.78 is 5.25. The number of ketones is 1. The maximum atomic E-state index is 13.2. The number of amides is 1. The Labute approximate surface area is 180 Å². The van der Waals surface area contributed by atoms with Crippen LogP contribution in [0.3, 0.4) is 0 Å². The first kappa shape index (κ1) is 20.3. The van der Waals surface area contributed by atoms with Crippen LogP contribution in [0.5, 0.6) is 5.75 Å².